The summed E-state index contributed by atoms with van der Waals surface area (Å²) in [5.74, 6) is -0.770. The maximum absolute atomic E-state index is 13.6. The van der Waals surface area contributed by atoms with Crippen molar-refractivity contribution in [2.75, 3.05) is 0 Å². The van der Waals surface area contributed by atoms with Crippen LogP contribution in [0.25, 0.3) is 5.76 Å². The molecule has 0 saturated heterocycles. The number of hydrogen-bond acceptors (Lipinski definition) is 5. The van der Waals surface area contributed by atoms with Crippen molar-refractivity contribution in [3.63, 3.8) is 0 Å². The fourth-order valence-corrected chi connectivity index (χ4v) is 1.80. The molecule has 0 spiro atoms. The summed E-state index contributed by atoms with van der Waals surface area (Å²) in [4.78, 5) is 22.0. The normalized spacial score (nSPS) is 13.6. The minimum atomic E-state index is -0.558. The minimum absolute atomic E-state index is 0.217. The zero-order valence-electron chi connectivity index (χ0n) is 10.8. The number of nitrogens with zero attached hydrogens (tertiary/aromatic N) is 1. The van der Waals surface area contributed by atoms with Crippen LogP contribution < -0.4 is 5.59 Å². The van der Waals surface area contributed by atoms with Crippen LogP contribution in [0.3, 0.4) is 0 Å². The highest BCUT2D eigenvalue weighted by Gasteiger charge is 2.21. The van der Waals surface area contributed by atoms with E-state index in [2.05, 4.69) is 5.59 Å². The van der Waals surface area contributed by atoms with Gasteiger partial charge in [-0.05, 0) is 29.9 Å². The third-order valence-corrected chi connectivity index (χ3v) is 2.81. The predicted molar refractivity (Wildman–Crippen MR) is 72.3 cm³/mol. The van der Waals surface area contributed by atoms with Crippen molar-refractivity contribution in [3.05, 3.63) is 77.7 Å². The summed E-state index contributed by atoms with van der Waals surface area (Å²) in [6, 6.07) is 14.6. The van der Waals surface area contributed by atoms with Crippen molar-refractivity contribution in [1.29, 1.82) is 0 Å². The number of benzene rings is 2. The molecular formula is C15H11FN2O3. The quantitative estimate of drug-likeness (QED) is 0.940. The van der Waals surface area contributed by atoms with Gasteiger partial charge in [0.25, 0.3) is 0 Å². The molecule has 0 fully saturated rings. The Hall–Kier alpha value is -2.86. The van der Waals surface area contributed by atoms with Crippen LogP contribution in [0.5, 0.6) is 0 Å². The van der Waals surface area contributed by atoms with Gasteiger partial charge in [0.2, 0.25) is 0 Å². The molecule has 0 bridgehead atoms. The van der Waals surface area contributed by atoms with Gasteiger partial charge < -0.3 is 9.68 Å². The van der Waals surface area contributed by atoms with Crippen LogP contribution in [0.15, 0.2) is 60.8 Å². The first-order valence-corrected chi connectivity index (χ1v) is 6.20. The van der Waals surface area contributed by atoms with E-state index in [-0.39, 0.29) is 11.3 Å². The average Bonchev–Trinajstić information content (AvgIpc) is 2.97. The van der Waals surface area contributed by atoms with Crippen molar-refractivity contribution in [2.24, 2.45) is 0 Å². The second kappa shape index (κ2) is 5.64. The van der Waals surface area contributed by atoms with Gasteiger partial charge in [-0.3, -0.25) is 0 Å². The number of halogens is 1. The summed E-state index contributed by atoms with van der Waals surface area (Å²) in [6.07, 6.45) is 1.35. The molecule has 0 unspecified atom stereocenters. The lowest BCUT2D eigenvalue weighted by atomic mass is 10.2. The molecule has 0 atom stereocenters. The molecule has 0 amide bonds. The Labute approximate surface area is 120 Å². The van der Waals surface area contributed by atoms with E-state index < -0.39 is 11.8 Å². The Morgan fingerprint density at radius 1 is 1.10 bits per heavy atom. The summed E-state index contributed by atoms with van der Waals surface area (Å²) < 4.78 is 13.6. The molecule has 5 nitrogen and oxygen atoms in total. The zero-order chi connectivity index (χ0) is 14.7. The van der Waals surface area contributed by atoms with Gasteiger partial charge in [-0.15, -0.1) is 5.17 Å². The van der Waals surface area contributed by atoms with Crippen LogP contribution in [0.4, 0.5) is 4.39 Å². The van der Waals surface area contributed by atoms with Crippen molar-refractivity contribution < 1.29 is 18.9 Å². The maximum Gasteiger partial charge on any atom is 0.365 e. The SMILES string of the molecule is O=C(ON1C=C(c2ccccc2F)ON1)c1ccccc1. The first kappa shape index (κ1) is 13.1. The smallest absolute Gasteiger partial charge is 0.365 e. The number of hydrogen-bond donors (Lipinski definition) is 1. The van der Waals surface area contributed by atoms with E-state index in [1.807, 2.05) is 0 Å². The van der Waals surface area contributed by atoms with Gasteiger partial charge >= 0.3 is 5.97 Å². The Bertz CT molecular complexity index is 688. The second-order valence-electron chi connectivity index (χ2n) is 4.24. The van der Waals surface area contributed by atoms with E-state index in [4.69, 9.17) is 9.68 Å². The molecule has 0 radical (unpaired) electrons. The Morgan fingerprint density at radius 2 is 1.81 bits per heavy atom. The molecule has 106 valence electrons. The van der Waals surface area contributed by atoms with Gasteiger partial charge in [-0.1, -0.05) is 30.3 Å². The highest BCUT2D eigenvalue weighted by Crippen LogP contribution is 2.22. The van der Waals surface area contributed by atoms with E-state index in [1.54, 1.807) is 48.5 Å². The third kappa shape index (κ3) is 2.85. The minimum Gasteiger partial charge on any atom is -0.384 e. The molecule has 21 heavy (non-hydrogen) atoms. The van der Waals surface area contributed by atoms with Gasteiger partial charge in [0.1, 0.15) is 12.0 Å². The molecule has 2 aromatic rings. The molecule has 1 N–H and O–H groups in total. The monoisotopic (exact) mass is 286 g/mol. The van der Waals surface area contributed by atoms with E-state index in [1.165, 1.54) is 12.3 Å². The molecule has 1 aliphatic heterocycles. The zero-order valence-corrected chi connectivity index (χ0v) is 10.8. The van der Waals surface area contributed by atoms with Crippen LogP contribution >= 0.6 is 0 Å². The van der Waals surface area contributed by atoms with E-state index in [9.17, 15) is 9.18 Å². The standard InChI is InChI=1S/C15H11FN2O3/c16-13-9-5-4-8-12(13)14-10-18(17-20-14)21-15(19)11-6-2-1-3-7-11/h1-10,17H. The molecule has 0 aliphatic carbocycles. The predicted octanol–water partition coefficient (Wildman–Crippen LogP) is 2.65. The molecule has 3 rings (SSSR count). The van der Waals surface area contributed by atoms with E-state index in [0.717, 1.165) is 5.17 Å². The Morgan fingerprint density at radius 3 is 2.57 bits per heavy atom. The number of hydroxylamine groups is 1. The third-order valence-electron chi connectivity index (χ3n) is 2.81. The van der Waals surface area contributed by atoms with Crippen LogP contribution in [-0.2, 0) is 9.68 Å². The van der Waals surface area contributed by atoms with Crippen molar-refractivity contribution in [3.8, 4) is 0 Å². The van der Waals surface area contributed by atoms with Crippen LogP contribution in [0.1, 0.15) is 15.9 Å². The lowest BCUT2D eigenvalue weighted by Crippen LogP contribution is -2.30. The topological polar surface area (TPSA) is 50.8 Å². The highest BCUT2D eigenvalue weighted by molar-refractivity contribution is 5.89. The largest absolute Gasteiger partial charge is 0.384 e. The Balaban J connectivity index is 1.72. The van der Waals surface area contributed by atoms with Gasteiger partial charge in [-0.25, -0.2) is 9.18 Å². The van der Waals surface area contributed by atoms with Crippen LogP contribution in [-0.4, -0.2) is 11.1 Å². The van der Waals surface area contributed by atoms with Gasteiger partial charge in [0.05, 0.1) is 11.1 Å². The van der Waals surface area contributed by atoms with Crippen LogP contribution in [0.2, 0.25) is 0 Å². The molecule has 1 aliphatic rings. The van der Waals surface area contributed by atoms with E-state index >= 15 is 0 Å². The molecule has 6 heteroatoms. The summed E-state index contributed by atoms with van der Waals surface area (Å²) in [6.45, 7) is 0. The summed E-state index contributed by atoms with van der Waals surface area (Å²) >= 11 is 0. The van der Waals surface area contributed by atoms with Crippen molar-refractivity contribution >= 4 is 11.7 Å². The number of hydrazine groups is 1. The molecule has 1 heterocycles. The fourth-order valence-electron chi connectivity index (χ4n) is 1.80. The number of carbonyl (C=O) groups excluding carboxylic acids is 1. The number of carbonyl (C=O) groups is 1. The average molecular weight is 286 g/mol. The summed E-state index contributed by atoms with van der Waals surface area (Å²) in [5.41, 5.74) is 3.03. The van der Waals surface area contributed by atoms with Crippen LogP contribution in [0, 0.1) is 5.82 Å². The van der Waals surface area contributed by atoms with Gasteiger partial charge in [-0.2, -0.15) is 0 Å². The van der Waals surface area contributed by atoms with Crippen molar-refractivity contribution in [2.45, 2.75) is 0 Å². The molecule has 0 saturated carbocycles. The Kier molecular flexibility index (Phi) is 3.53. The van der Waals surface area contributed by atoms with Crippen molar-refractivity contribution in [1.82, 2.24) is 10.8 Å². The number of rotatable bonds is 3. The first-order chi connectivity index (χ1) is 10.2. The molecule has 0 aromatic heterocycles. The summed E-state index contributed by atoms with van der Waals surface area (Å²) in [5, 5.41) is 0.983. The molecular weight excluding hydrogens is 275 g/mol. The maximum atomic E-state index is 13.6. The lowest BCUT2D eigenvalue weighted by Gasteiger charge is -2.12. The molecule has 2 aromatic carbocycles. The first-order valence-electron chi connectivity index (χ1n) is 6.20. The fraction of sp³-hybridized carbons (Fsp3) is 0. The van der Waals surface area contributed by atoms with Gasteiger partial charge in [0, 0.05) is 0 Å². The number of nitrogens with one attached hydrogen (secondary N) is 1. The summed E-state index contributed by atoms with van der Waals surface area (Å²) in [7, 11) is 0. The lowest BCUT2D eigenvalue weighted by molar-refractivity contribution is -0.160. The van der Waals surface area contributed by atoms with E-state index in [0.29, 0.717) is 5.56 Å². The van der Waals surface area contributed by atoms with Gasteiger partial charge in [0.15, 0.2) is 5.76 Å². The highest BCUT2D eigenvalue weighted by atomic mass is 19.1. The second-order valence-corrected chi connectivity index (χ2v) is 4.24.